The van der Waals surface area contributed by atoms with Gasteiger partial charge < -0.3 is 15.2 Å². The molecule has 100 valence electrons. The van der Waals surface area contributed by atoms with Crippen LogP contribution in [0.1, 0.15) is 44.4 Å². The number of carbonyl (C=O) groups excluding carboxylic acids is 1. The highest BCUT2D eigenvalue weighted by atomic mass is 32.1. The van der Waals surface area contributed by atoms with Crippen molar-refractivity contribution in [1.82, 2.24) is 4.98 Å². The highest BCUT2D eigenvalue weighted by Gasteiger charge is 2.17. The highest BCUT2D eigenvalue weighted by Crippen LogP contribution is 2.21. The molecule has 0 radical (unpaired) electrons. The number of carbonyl (C=O) groups is 1. The summed E-state index contributed by atoms with van der Waals surface area (Å²) < 4.78 is 5.46. The molecule has 18 heavy (non-hydrogen) atoms. The first kappa shape index (κ1) is 13.5. The van der Waals surface area contributed by atoms with Crippen molar-refractivity contribution >= 4 is 22.4 Å². The van der Waals surface area contributed by atoms with Crippen LogP contribution in [0.4, 0.5) is 5.13 Å². The van der Waals surface area contributed by atoms with E-state index >= 15 is 0 Å². The van der Waals surface area contributed by atoms with E-state index in [1.807, 2.05) is 0 Å². The van der Waals surface area contributed by atoms with E-state index in [4.69, 9.17) is 4.74 Å². The van der Waals surface area contributed by atoms with E-state index in [-0.39, 0.29) is 12.0 Å². The molecule has 1 amide bonds. The standard InChI is InChI=1S/C12H18N2O3S/c1-8(15)10-7-18-12(13-10)14-11(16)5-4-9-3-2-6-17-9/h7-9,15H,2-6H2,1H3,(H,13,14,16). The van der Waals surface area contributed by atoms with Crippen LogP contribution in [-0.4, -0.2) is 28.7 Å². The first-order valence-corrected chi connectivity index (χ1v) is 7.08. The van der Waals surface area contributed by atoms with Crippen LogP contribution < -0.4 is 5.32 Å². The molecule has 1 aromatic heterocycles. The van der Waals surface area contributed by atoms with Gasteiger partial charge in [-0.2, -0.15) is 0 Å². The van der Waals surface area contributed by atoms with Crippen LogP contribution >= 0.6 is 11.3 Å². The second-order valence-corrected chi connectivity index (χ2v) is 5.33. The maximum atomic E-state index is 11.7. The van der Waals surface area contributed by atoms with Gasteiger partial charge in [-0.25, -0.2) is 4.98 Å². The predicted octanol–water partition coefficient (Wildman–Crippen LogP) is 2.09. The summed E-state index contributed by atoms with van der Waals surface area (Å²) in [6.45, 7) is 2.47. The van der Waals surface area contributed by atoms with Crippen molar-refractivity contribution in [2.24, 2.45) is 0 Å². The van der Waals surface area contributed by atoms with Crippen LogP contribution in [0.5, 0.6) is 0 Å². The van der Waals surface area contributed by atoms with Crippen molar-refractivity contribution in [1.29, 1.82) is 0 Å². The lowest BCUT2D eigenvalue weighted by atomic mass is 10.1. The monoisotopic (exact) mass is 270 g/mol. The van der Waals surface area contributed by atoms with E-state index in [1.54, 1.807) is 12.3 Å². The van der Waals surface area contributed by atoms with Crippen molar-refractivity contribution in [3.05, 3.63) is 11.1 Å². The molecule has 0 aromatic carbocycles. The lowest BCUT2D eigenvalue weighted by Gasteiger charge is -2.08. The zero-order valence-electron chi connectivity index (χ0n) is 10.4. The van der Waals surface area contributed by atoms with Crippen molar-refractivity contribution in [2.45, 2.75) is 44.8 Å². The molecular formula is C12H18N2O3S. The van der Waals surface area contributed by atoms with Crippen molar-refractivity contribution < 1.29 is 14.6 Å². The number of hydrogen-bond acceptors (Lipinski definition) is 5. The number of ether oxygens (including phenoxy) is 1. The Hall–Kier alpha value is -0.980. The average molecular weight is 270 g/mol. The van der Waals surface area contributed by atoms with Gasteiger partial charge in [0.1, 0.15) is 0 Å². The van der Waals surface area contributed by atoms with Crippen LogP contribution in [-0.2, 0) is 9.53 Å². The number of nitrogens with one attached hydrogen (secondary N) is 1. The molecule has 2 N–H and O–H groups in total. The summed E-state index contributed by atoms with van der Waals surface area (Å²) in [4.78, 5) is 15.8. The number of thiazole rings is 1. The molecule has 2 heterocycles. The minimum Gasteiger partial charge on any atom is -0.387 e. The van der Waals surface area contributed by atoms with Gasteiger partial charge in [0.2, 0.25) is 5.91 Å². The van der Waals surface area contributed by atoms with Crippen LogP contribution in [0, 0.1) is 0 Å². The Morgan fingerprint density at radius 2 is 2.61 bits per heavy atom. The maximum Gasteiger partial charge on any atom is 0.226 e. The molecule has 0 bridgehead atoms. The third kappa shape index (κ3) is 3.76. The molecule has 1 aromatic rings. The molecule has 5 nitrogen and oxygen atoms in total. The van der Waals surface area contributed by atoms with Gasteiger partial charge in [0.25, 0.3) is 0 Å². The molecule has 6 heteroatoms. The second-order valence-electron chi connectivity index (χ2n) is 4.48. The van der Waals surface area contributed by atoms with E-state index in [2.05, 4.69) is 10.3 Å². The summed E-state index contributed by atoms with van der Waals surface area (Å²) in [6.07, 6.45) is 3.00. The molecule has 2 atom stereocenters. The second kappa shape index (κ2) is 6.26. The first-order valence-electron chi connectivity index (χ1n) is 6.20. The fourth-order valence-corrected chi connectivity index (χ4v) is 2.69. The Balaban J connectivity index is 1.75. The Labute approximate surface area is 110 Å². The zero-order chi connectivity index (χ0) is 13.0. The topological polar surface area (TPSA) is 71.5 Å². The normalized spacial score (nSPS) is 20.9. The number of aliphatic hydroxyl groups excluding tert-OH is 1. The number of rotatable bonds is 5. The zero-order valence-corrected chi connectivity index (χ0v) is 11.2. The molecule has 0 aliphatic carbocycles. The van der Waals surface area contributed by atoms with Gasteiger partial charge in [-0.3, -0.25) is 4.79 Å². The number of anilines is 1. The summed E-state index contributed by atoms with van der Waals surface area (Å²) in [5.74, 6) is -0.0445. The average Bonchev–Trinajstić information content (AvgIpc) is 2.96. The highest BCUT2D eigenvalue weighted by molar-refractivity contribution is 7.13. The van der Waals surface area contributed by atoms with E-state index in [9.17, 15) is 9.90 Å². The van der Waals surface area contributed by atoms with E-state index in [0.717, 1.165) is 25.9 Å². The van der Waals surface area contributed by atoms with E-state index in [1.165, 1.54) is 11.3 Å². The van der Waals surface area contributed by atoms with Crippen molar-refractivity contribution in [3.8, 4) is 0 Å². The summed E-state index contributed by atoms with van der Waals surface area (Å²) in [7, 11) is 0. The fourth-order valence-electron chi connectivity index (χ4n) is 1.88. The Morgan fingerprint density at radius 3 is 3.22 bits per heavy atom. The molecule has 2 rings (SSSR count). The minimum absolute atomic E-state index is 0.0445. The summed E-state index contributed by atoms with van der Waals surface area (Å²) in [5, 5.41) is 14.4. The quantitative estimate of drug-likeness (QED) is 0.859. The SMILES string of the molecule is CC(O)c1csc(NC(=O)CCC2CCCO2)n1. The lowest BCUT2D eigenvalue weighted by Crippen LogP contribution is -2.15. The number of amides is 1. The summed E-state index contributed by atoms with van der Waals surface area (Å²) >= 11 is 1.33. The molecule has 1 aliphatic heterocycles. The van der Waals surface area contributed by atoms with Gasteiger partial charge in [0.15, 0.2) is 5.13 Å². The fraction of sp³-hybridized carbons (Fsp3) is 0.667. The minimum atomic E-state index is -0.598. The number of aliphatic hydroxyl groups is 1. The van der Waals surface area contributed by atoms with Gasteiger partial charge >= 0.3 is 0 Å². The first-order chi connectivity index (χ1) is 8.65. The molecule has 2 unspecified atom stereocenters. The van der Waals surface area contributed by atoms with Crippen LogP contribution in [0.15, 0.2) is 5.38 Å². The third-order valence-electron chi connectivity index (χ3n) is 2.91. The predicted molar refractivity (Wildman–Crippen MR) is 69.6 cm³/mol. The Bertz CT molecular complexity index is 400. The van der Waals surface area contributed by atoms with E-state index < -0.39 is 6.10 Å². The lowest BCUT2D eigenvalue weighted by molar-refractivity contribution is -0.116. The van der Waals surface area contributed by atoms with Crippen molar-refractivity contribution in [2.75, 3.05) is 11.9 Å². The Morgan fingerprint density at radius 1 is 1.78 bits per heavy atom. The van der Waals surface area contributed by atoms with Gasteiger partial charge in [-0.1, -0.05) is 0 Å². The molecule has 1 fully saturated rings. The van der Waals surface area contributed by atoms with Gasteiger partial charge in [0.05, 0.1) is 17.9 Å². The van der Waals surface area contributed by atoms with Crippen LogP contribution in [0.3, 0.4) is 0 Å². The van der Waals surface area contributed by atoms with Gasteiger partial charge in [-0.15, -0.1) is 11.3 Å². The molecular weight excluding hydrogens is 252 g/mol. The van der Waals surface area contributed by atoms with Crippen LogP contribution in [0.25, 0.3) is 0 Å². The molecule has 0 saturated carbocycles. The number of hydrogen-bond donors (Lipinski definition) is 2. The molecule has 1 aliphatic rings. The summed E-state index contributed by atoms with van der Waals surface area (Å²) in [6, 6.07) is 0. The Kier molecular flexibility index (Phi) is 4.68. The van der Waals surface area contributed by atoms with Gasteiger partial charge in [0, 0.05) is 18.4 Å². The third-order valence-corrected chi connectivity index (χ3v) is 3.69. The smallest absolute Gasteiger partial charge is 0.226 e. The van der Waals surface area contributed by atoms with E-state index in [0.29, 0.717) is 17.2 Å². The number of nitrogens with zero attached hydrogens (tertiary/aromatic N) is 1. The number of aromatic nitrogens is 1. The largest absolute Gasteiger partial charge is 0.387 e. The maximum absolute atomic E-state index is 11.7. The van der Waals surface area contributed by atoms with Crippen LogP contribution in [0.2, 0.25) is 0 Å². The van der Waals surface area contributed by atoms with Crippen molar-refractivity contribution in [3.63, 3.8) is 0 Å². The summed E-state index contributed by atoms with van der Waals surface area (Å²) in [5.41, 5.74) is 0.592. The van der Waals surface area contributed by atoms with Gasteiger partial charge in [-0.05, 0) is 26.2 Å². The molecule has 0 spiro atoms. The molecule has 1 saturated heterocycles.